The minimum atomic E-state index is -0.243. The molecule has 0 radical (unpaired) electrons. The van der Waals surface area contributed by atoms with Crippen LogP contribution in [0, 0.1) is 0 Å². The Balaban J connectivity index is 2.42. The molecule has 7 heteroatoms. The Hall–Kier alpha value is -0.690. The van der Waals surface area contributed by atoms with E-state index in [0.717, 1.165) is 5.56 Å². The van der Waals surface area contributed by atoms with Crippen LogP contribution in [0.4, 0.5) is 0 Å². The maximum atomic E-state index is 11.8. The highest BCUT2D eigenvalue weighted by atomic mass is 79.9. The lowest BCUT2D eigenvalue weighted by Gasteiger charge is -2.41. The monoisotopic (exact) mass is 347 g/mol. The van der Waals surface area contributed by atoms with Gasteiger partial charge < -0.3 is 15.3 Å². The van der Waals surface area contributed by atoms with Crippen molar-refractivity contribution in [2.24, 2.45) is 0 Å². The summed E-state index contributed by atoms with van der Waals surface area (Å²) in [5.41, 5.74) is 0.855. The summed E-state index contributed by atoms with van der Waals surface area (Å²) in [5, 5.41) is 13.1. The van der Waals surface area contributed by atoms with Gasteiger partial charge >= 0.3 is 0 Å². The Labute approximate surface area is 125 Å². The standard InChI is InChI=1S/C12H15BrClN3O2/c1-7(19)17-3-2-15-9(6-18)12(17)8-4-10(13)16-11(14)5-8/h4-5,9,12,15,18H,2-3,6H2,1H3/t9-,12-/m1/s1. The van der Waals surface area contributed by atoms with Crippen molar-refractivity contribution in [3.63, 3.8) is 0 Å². The highest BCUT2D eigenvalue weighted by Crippen LogP contribution is 2.30. The first-order valence-corrected chi connectivity index (χ1v) is 7.14. The number of carbonyl (C=O) groups is 1. The largest absolute Gasteiger partial charge is 0.395 e. The summed E-state index contributed by atoms with van der Waals surface area (Å²) in [5.74, 6) is -0.0194. The maximum Gasteiger partial charge on any atom is 0.220 e. The molecule has 1 aromatic heterocycles. The van der Waals surface area contributed by atoms with Crippen LogP contribution in [-0.4, -0.2) is 46.6 Å². The van der Waals surface area contributed by atoms with Crippen LogP contribution >= 0.6 is 27.5 Å². The predicted molar refractivity (Wildman–Crippen MR) is 76.0 cm³/mol. The summed E-state index contributed by atoms with van der Waals surface area (Å²) in [6, 6.07) is 3.10. The number of piperazine rings is 1. The minimum Gasteiger partial charge on any atom is -0.395 e. The first-order valence-electron chi connectivity index (χ1n) is 5.97. The Morgan fingerprint density at radius 1 is 1.68 bits per heavy atom. The number of hydrogen-bond donors (Lipinski definition) is 2. The molecule has 19 heavy (non-hydrogen) atoms. The van der Waals surface area contributed by atoms with Crippen LogP contribution in [0.3, 0.4) is 0 Å². The van der Waals surface area contributed by atoms with Gasteiger partial charge in [-0.3, -0.25) is 4.79 Å². The lowest BCUT2D eigenvalue weighted by molar-refractivity contribution is -0.133. The summed E-state index contributed by atoms with van der Waals surface area (Å²) in [4.78, 5) is 17.6. The highest BCUT2D eigenvalue weighted by molar-refractivity contribution is 9.10. The second kappa shape index (κ2) is 6.17. The van der Waals surface area contributed by atoms with E-state index in [9.17, 15) is 9.90 Å². The van der Waals surface area contributed by atoms with Gasteiger partial charge in [-0.1, -0.05) is 11.6 Å². The highest BCUT2D eigenvalue weighted by Gasteiger charge is 2.33. The van der Waals surface area contributed by atoms with Crippen LogP contribution in [0.1, 0.15) is 18.5 Å². The number of aliphatic hydroxyl groups excluding tert-OH is 1. The maximum absolute atomic E-state index is 11.8. The number of nitrogens with one attached hydrogen (secondary N) is 1. The fourth-order valence-electron chi connectivity index (χ4n) is 2.42. The van der Waals surface area contributed by atoms with E-state index in [0.29, 0.717) is 22.8 Å². The molecule has 2 atom stereocenters. The molecule has 1 amide bonds. The molecule has 2 rings (SSSR count). The van der Waals surface area contributed by atoms with E-state index >= 15 is 0 Å². The van der Waals surface area contributed by atoms with E-state index in [1.54, 1.807) is 11.0 Å². The summed E-state index contributed by atoms with van der Waals surface area (Å²) < 4.78 is 0.612. The van der Waals surface area contributed by atoms with Gasteiger partial charge in [0.05, 0.1) is 18.7 Å². The van der Waals surface area contributed by atoms with Crippen LogP contribution in [0.25, 0.3) is 0 Å². The Morgan fingerprint density at radius 3 is 3.00 bits per heavy atom. The molecule has 2 N–H and O–H groups in total. The molecule has 0 spiro atoms. The van der Waals surface area contributed by atoms with Gasteiger partial charge in [-0.15, -0.1) is 0 Å². The molecule has 1 fully saturated rings. The number of halogens is 2. The number of carbonyl (C=O) groups excluding carboxylic acids is 1. The number of rotatable bonds is 2. The molecular formula is C12H15BrClN3O2. The lowest BCUT2D eigenvalue weighted by atomic mass is 9.96. The Bertz CT molecular complexity index is 466. The van der Waals surface area contributed by atoms with Crippen LogP contribution < -0.4 is 5.32 Å². The quantitative estimate of drug-likeness (QED) is 0.792. The van der Waals surface area contributed by atoms with E-state index in [-0.39, 0.29) is 24.6 Å². The molecule has 1 aromatic rings. The van der Waals surface area contributed by atoms with E-state index in [1.165, 1.54) is 6.92 Å². The first-order chi connectivity index (χ1) is 9.02. The van der Waals surface area contributed by atoms with Crippen LogP contribution in [-0.2, 0) is 4.79 Å². The van der Waals surface area contributed by atoms with Gasteiger partial charge in [-0.05, 0) is 33.6 Å². The summed E-state index contributed by atoms with van der Waals surface area (Å²) >= 11 is 9.26. The first kappa shape index (κ1) is 14.7. The summed E-state index contributed by atoms with van der Waals surface area (Å²) in [6.07, 6.45) is 0. The Morgan fingerprint density at radius 2 is 2.42 bits per heavy atom. The zero-order valence-electron chi connectivity index (χ0n) is 10.4. The third-order valence-electron chi connectivity index (χ3n) is 3.20. The number of aliphatic hydroxyl groups is 1. The number of hydrogen-bond acceptors (Lipinski definition) is 4. The number of amides is 1. The van der Waals surface area contributed by atoms with Crippen molar-refractivity contribution in [3.8, 4) is 0 Å². The van der Waals surface area contributed by atoms with Gasteiger partial charge in [0.2, 0.25) is 5.91 Å². The van der Waals surface area contributed by atoms with Crippen molar-refractivity contribution < 1.29 is 9.90 Å². The molecule has 0 unspecified atom stereocenters. The van der Waals surface area contributed by atoms with Crippen molar-refractivity contribution in [1.82, 2.24) is 15.2 Å². The van der Waals surface area contributed by atoms with Crippen LogP contribution in [0.2, 0.25) is 5.15 Å². The topological polar surface area (TPSA) is 65.5 Å². The van der Waals surface area contributed by atoms with Crippen molar-refractivity contribution in [2.75, 3.05) is 19.7 Å². The third kappa shape index (κ3) is 3.25. The second-order valence-electron chi connectivity index (χ2n) is 4.45. The molecule has 1 aliphatic rings. The van der Waals surface area contributed by atoms with E-state index in [2.05, 4.69) is 26.2 Å². The van der Waals surface area contributed by atoms with Gasteiger partial charge in [0.15, 0.2) is 0 Å². The normalized spacial score (nSPS) is 23.5. The lowest BCUT2D eigenvalue weighted by Crippen LogP contribution is -2.55. The molecule has 0 bridgehead atoms. The average Bonchev–Trinajstić information content (AvgIpc) is 2.36. The van der Waals surface area contributed by atoms with E-state index < -0.39 is 0 Å². The smallest absolute Gasteiger partial charge is 0.220 e. The zero-order valence-corrected chi connectivity index (χ0v) is 12.8. The molecule has 2 heterocycles. The summed E-state index contributed by atoms with van der Waals surface area (Å²) in [7, 11) is 0. The van der Waals surface area contributed by atoms with Crippen molar-refractivity contribution in [2.45, 2.75) is 19.0 Å². The fraction of sp³-hybridized carbons (Fsp3) is 0.500. The second-order valence-corrected chi connectivity index (χ2v) is 5.65. The van der Waals surface area contributed by atoms with Crippen molar-refractivity contribution in [3.05, 3.63) is 27.5 Å². The van der Waals surface area contributed by atoms with Crippen molar-refractivity contribution >= 4 is 33.4 Å². The molecule has 0 saturated carbocycles. The molecular weight excluding hydrogens is 334 g/mol. The summed E-state index contributed by atoms with van der Waals surface area (Å²) in [6.45, 7) is 2.76. The predicted octanol–water partition coefficient (Wildman–Crippen LogP) is 1.35. The number of pyridine rings is 1. The Kier molecular flexibility index (Phi) is 4.78. The van der Waals surface area contributed by atoms with E-state index in [1.807, 2.05) is 6.07 Å². The zero-order chi connectivity index (χ0) is 14.0. The average molecular weight is 349 g/mol. The molecule has 1 saturated heterocycles. The molecule has 104 valence electrons. The van der Waals surface area contributed by atoms with Crippen LogP contribution in [0.15, 0.2) is 16.7 Å². The fourth-order valence-corrected chi connectivity index (χ4v) is 3.20. The van der Waals surface area contributed by atoms with E-state index in [4.69, 9.17) is 11.6 Å². The molecule has 0 aromatic carbocycles. The van der Waals surface area contributed by atoms with Gasteiger partial charge in [0.1, 0.15) is 9.76 Å². The number of nitrogens with zero attached hydrogens (tertiary/aromatic N) is 2. The molecule has 0 aliphatic carbocycles. The van der Waals surface area contributed by atoms with Gasteiger partial charge in [-0.25, -0.2) is 4.98 Å². The minimum absolute atomic E-state index is 0.0194. The number of aromatic nitrogens is 1. The molecule has 1 aliphatic heterocycles. The SMILES string of the molecule is CC(=O)N1CCN[C@H](CO)[C@H]1c1cc(Cl)nc(Br)c1. The van der Waals surface area contributed by atoms with Crippen molar-refractivity contribution in [1.29, 1.82) is 0 Å². The van der Waals surface area contributed by atoms with Crippen LogP contribution in [0.5, 0.6) is 0 Å². The van der Waals surface area contributed by atoms with Gasteiger partial charge in [0.25, 0.3) is 0 Å². The van der Waals surface area contributed by atoms with Gasteiger partial charge in [-0.2, -0.15) is 0 Å². The molecule has 5 nitrogen and oxygen atoms in total. The third-order valence-corrected chi connectivity index (χ3v) is 3.80. The van der Waals surface area contributed by atoms with Gasteiger partial charge in [0, 0.05) is 20.0 Å².